The highest BCUT2D eigenvalue weighted by atomic mass is 79.9. The van der Waals surface area contributed by atoms with Crippen LogP contribution < -0.4 is 11.1 Å². The first-order valence-corrected chi connectivity index (χ1v) is 8.51. The molecule has 1 aliphatic carbocycles. The summed E-state index contributed by atoms with van der Waals surface area (Å²) >= 11 is 3.38. The van der Waals surface area contributed by atoms with Gasteiger partial charge < -0.3 is 15.8 Å². The van der Waals surface area contributed by atoms with Crippen molar-refractivity contribution in [2.45, 2.75) is 12.8 Å². The molecule has 5 nitrogen and oxygen atoms in total. The predicted molar refractivity (Wildman–Crippen MR) is 89.8 cm³/mol. The molecule has 22 heavy (non-hydrogen) atoms. The van der Waals surface area contributed by atoms with Gasteiger partial charge in [0.15, 0.2) is 0 Å². The van der Waals surface area contributed by atoms with E-state index in [0.717, 1.165) is 43.9 Å². The minimum Gasteiger partial charge on any atom is -0.398 e. The number of halogens is 1. The van der Waals surface area contributed by atoms with Crippen LogP contribution in [-0.4, -0.2) is 50.2 Å². The number of nitrogens with one attached hydrogen (secondary N) is 1. The molecule has 1 aliphatic heterocycles. The fraction of sp³-hybridized carbons (Fsp3) is 0.562. The van der Waals surface area contributed by atoms with E-state index in [1.54, 1.807) is 12.1 Å². The maximum absolute atomic E-state index is 12.3. The van der Waals surface area contributed by atoms with Crippen LogP contribution in [0.2, 0.25) is 0 Å². The van der Waals surface area contributed by atoms with Crippen LogP contribution in [0.4, 0.5) is 5.69 Å². The first-order chi connectivity index (χ1) is 10.6. The third-order valence-corrected chi connectivity index (χ3v) is 5.00. The first-order valence-electron chi connectivity index (χ1n) is 7.71. The summed E-state index contributed by atoms with van der Waals surface area (Å²) in [7, 11) is 0. The van der Waals surface area contributed by atoms with Gasteiger partial charge in [-0.3, -0.25) is 9.69 Å². The zero-order chi connectivity index (χ0) is 15.6. The van der Waals surface area contributed by atoms with Crippen LogP contribution in [0.3, 0.4) is 0 Å². The molecule has 1 heterocycles. The molecule has 6 heteroatoms. The Morgan fingerprint density at radius 2 is 2.09 bits per heavy atom. The van der Waals surface area contributed by atoms with E-state index in [-0.39, 0.29) is 11.3 Å². The second kappa shape index (κ2) is 6.56. The van der Waals surface area contributed by atoms with Gasteiger partial charge in [0, 0.05) is 41.8 Å². The van der Waals surface area contributed by atoms with E-state index in [1.165, 1.54) is 12.8 Å². The van der Waals surface area contributed by atoms with Crippen LogP contribution in [-0.2, 0) is 4.74 Å². The van der Waals surface area contributed by atoms with E-state index >= 15 is 0 Å². The highest BCUT2D eigenvalue weighted by molar-refractivity contribution is 9.10. The second-order valence-corrected chi connectivity index (χ2v) is 7.22. The molecular formula is C16H22BrN3O2. The number of ether oxygens (including phenoxy) is 1. The fourth-order valence-corrected chi connectivity index (χ4v) is 3.25. The Bertz CT molecular complexity index is 554. The van der Waals surface area contributed by atoms with E-state index < -0.39 is 0 Å². The van der Waals surface area contributed by atoms with Crippen molar-refractivity contribution in [3.8, 4) is 0 Å². The summed E-state index contributed by atoms with van der Waals surface area (Å²) in [5.74, 6) is -0.0907. The average molecular weight is 368 g/mol. The van der Waals surface area contributed by atoms with Crippen molar-refractivity contribution >= 4 is 27.5 Å². The summed E-state index contributed by atoms with van der Waals surface area (Å²) in [4.78, 5) is 14.8. The van der Waals surface area contributed by atoms with Crippen molar-refractivity contribution in [2.24, 2.45) is 5.41 Å². The lowest BCUT2D eigenvalue weighted by Gasteiger charge is -2.30. The minimum atomic E-state index is -0.0907. The molecule has 0 spiro atoms. The highest BCUT2D eigenvalue weighted by Gasteiger charge is 2.44. The summed E-state index contributed by atoms with van der Waals surface area (Å²) in [5.41, 5.74) is 7.19. The van der Waals surface area contributed by atoms with Crippen LogP contribution in [0, 0.1) is 5.41 Å². The third-order valence-electron chi connectivity index (χ3n) is 4.50. The van der Waals surface area contributed by atoms with Crippen molar-refractivity contribution in [3.05, 3.63) is 28.2 Å². The molecule has 1 amide bonds. The van der Waals surface area contributed by atoms with E-state index in [2.05, 4.69) is 26.1 Å². The summed E-state index contributed by atoms with van der Waals surface area (Å²) in [6.45, 7) is 5.39. The molecule has 120 valence electrons. The number of anilines is 1. The largest absolute Gasteiger partial charge is 0.398 e. The number of nitrogens with two attached hydrogens (primary N) is 1. The summed E-state index contributed by atoms with van der Waals surface area (Å²) in [6, 6.07) is 5.36. The van der Waals surface area contributed by atoms with E-state index in [9.17, 15) is 4.79 Å². The molecule has 0 atom stereocenters. The number of amides is 1. The van der Waals surface area contributed by atoms with Gasteiger partial charge in [-0.2, -0.15) is 0 Å². The average Bonchev–Trinajstić information content (AvgIpc) is 3.28. The van der Waals surface area contributed by atoms with Crippen LogP contribution in [0.25, 0.3) is 0 Å². The lowest BCUT2D eigenvalue weighted by molar-refractivity contribution is 0.0283. The van der Waals surface area contributed by atoms with Gasteiger partial charge in [-0.05, 0) is 31.0 Å². The van der Waals surface area contributed by atoms with Gasteiger partial charge in [-0.1, -0.05) is 15.9 Å². The van der Waals surface area contributed by atoms with Gasteiger partial charge in [0.2, 0.25) is 0 Å². The number of nitrogen functional groups attached to an aromatic ring is 1. The number of hydrogen-bond acceptors (Lipinski definition) is 4. The minimum absolute atomic E-state index is 0.0907. The van der Waals surface area contributed by atoms with Crippen LogP contribution in [0.15, 0.2) is 22.7 Å². The Kier molecular flexibility index (Phi) is 4.70. The third kappa shape index (κ3) is 3.80. The van der Waals surface area contributed by atoms with Crippen molar-refractivity contribution in [1.29, 1.82) is 0 Å². The molecular weight excluding hydrogens is 346 g/mol. The van der Waals surface area contributed by atoms with Gasteiger partial charge in [0.25, 0.3) is 5.91 Å². The topological polar surface area (TPSA) is 67.6 Å². The number of rotatable bonds is 5. The summed E-state index contributed by atoms with van der Waals surface area (Å²) in [5, 5.41) is 3.06. The molecule has 2 fully saturated rings. The molecule has 1 aromatic carbocycles. The molecule has 0 radical (unpaired) electrons. The molecule has 2 aliphatic rings. The maximum atomic E-state index is 12.3. The van der Waals surface area contributed by atoms with E-state index in [4.69, 9.17) is 10.5 Å². The number of benzene rings is 1. The van der Waals surface area contributed by atoms with Crippen molar-refractivity contribution in [3.63, 3.8) is 0 Å². The number of hydrogen-bond donors (Lipinski definition) is 2. The molecule has 3 rings (SSSR count). The lowest BCUT2D eigenvalue weighted by Crippen LogP contribution is -2.43. The molecule has 1 saturated heterocycles. The Morgan fingerprint density at radius 1 is 1.36 bits per heavy atom. The smallest absolute Gasteiger partial charge is 0.253 e. The monoisotopic (exact) mass is 367 g/mol. The van der Waals surface area contributed by atoms with Crippen molar-refractivity contribution < 1.29 is 9.53 Å². The van der Waals surface area contributed by atoms with Crippen LogP contribution in [0.1, 0.15) is 23.2 Å². The predicted octanol–water partition coefficient (Wildman–Crippen LogP) is 1.87. The quantitative estimate of drug-likeness (QED) is 0.779. The fourth-order valence-electron chi connectivity index (χ4n) is 2.89. The van der Waals surface area contributed by atoms with Gasteiger partial charge in [-0.25, -0.2) is 0 Å². The molecule has 0 bridgehead atoms. The van der Waals surface area contributed by atoms with Gasteiger partial charge in [0.05, 0.1) is 18.8 Å². The highest BCUT2D eigenvalue weighted by Crippen LogP contribution is 2.45. The number of nitrogens with zero attached hydrogens (tertiary/aromatic N) is 1. The van der Waals surface area contributed by atoms with Gasteiger partial charge in [0.1, 0.15) is 0 Å². The number of carbonyl (C=O) groups is 1. The molecule has 1 aromatic rings. The first kappa shape index (κ1) is 15.8. The molecule has 3 N–H and O–H groups in total. The standard InChI is InChI=1S/C16H22BrN3O2/c17-12-1-2-14(18)13(9-12)15(21)19-10-16(3-4-16)11-20-5-7-22-8-6-20/h1-2,9H,3-8,10-11,18H2,(H,19,21). The SMILES string of the molecule is Nc1ccc(Br)cc1C(=O)NCC1(CN2CCOCC2)CC1. The Hall–Kier alpha value is -1.11. The lowest BCUT2D eigenvalue weighted by atomic mass is 10.1. The zero-order valence-electron chi connectivity index (χ0n) is 12.6. The normalized spacial score (nSPS) is 20.6. The summed E-state index contributed by atoms with van der Waals surface area (Å²) in [6.07, 6.45) is 2.36. The van der Waals surface area contributed by atoms with Gasteiger partial charge in [-0.15, -0.1) is 0 Å². The van der Waals surface area contributed by atoms with E-state index in [1.807, 2.05) is 6.07 Å². The molecule has 1 saturated carbocycles. The maximum Gasteiger partial charge on any atom is 0.253 e. The van der Waals surface area contributed by atoms with Gasteiger partial charge >= 0.3 is 0 Å². The Labute approximate surface area is 139 Å². The summed E-state index contributed by atoms with van der Waals surface area (Å²) < 4.78 is 6.25. The molecule has 0 aromatic heterocycles. The second-order valence-electron chi connectivity index (χ2n) is 6.30. The van der Waals surface area contributed by atoms with Crippen LogP contribution in [0.5, 0.6) is 0 Å². The van der Waals surface area contributed by atoms with Crippen LogP contribution >= 0.6 is 15.9 Å². The number of carbonyl (C=O) groups excluding carboxylic acids is 1. The van der Waals surface area contributed by atoms with E-state index in [0.29, 0.717) is 11.3 Å². The van der Waals surface area contributed by atoms with Crippen molar-refractivity contribution in [2.75, 3.05) is 45.1 Å². The Morgan fingerprint density at radius 3 is 2.77 bits per heavy atom. The zero-order valence-corrected chi connectivity index (χ0v) is 14.2. The van der Waals surface area contributed by atoms with Crippen molar-refractivity contribution in [1.82, 2.24) is 10.2 Å². The molecule has 0 unspecified atom stereocenters. The number of morpholine rings is 1. The Balaban J connectivity index is 1.55.